The molecule has 0 bridgehead atoms. The molecule has 3 aromatic heterocycles. The van der Waals surface area contributed by atoms with Crippen molar-refractivity contribution in [3.8, 4) is 11.3 Å². The van der Waals surface area contributed by atoms with Crippen molar-refractivity contribution >= 4 is 23.1 Å². The number of pyridine rings is 1. The molecule has 3 heterocycles. The van der Waals surface area contributed by atoms with Gasteiger partial charge in [-0.1, -0.05) is 0 Å². The lowest BCUT2D eigenvalue weighted by atomic mass is 9.98. The zero-order chi connectivity index (χ0) is 27.9. The molecule has 0 atom stereocenters. The monoisotopic (exact) mass is 538 g/mol. The SMILES string of the molecule is CC(C)(C)C(=O)OC[n+]1cc2cc(-c3ncccc3C(F)(F)F)cnn2c1Nc1ccc(C(F)(F)F)cc1. The number of anilines is 2. The lowest BCUT2D eigenvalue weighted by Gasteiger charge is -2.15. The summed E-state index contributed by atoms with van der Waals surface area (Å²) in [5.74, 6) is -0.331. The smallest absolute Gasteiger partial charge is 0.418 e. The van der Waals surface area contributed by atoms with E-state index in [0.717, 1.165) is 18.2 Å². The average Bonchev–Trinajstić information content (AvgIpc) is 3.17. The van der Waals surface area contributed by atoms with Crippen LogP contribution in [0.5, 0.6) is 0 Å². The molecule has 0 aliphatic carbocycles. The number of rotatable bonds is 5. The van der Waals surface area contributed by atoms with E-state index in [0.29, 0.717) is 5.52 Å². The van der Waals surface area contributed by atoms with E-state index in [2.05, 4.69) is 15.4 Å². The summed E-state index contributed by atoms with van der Waals surface area (Å²) in [6, 6.07) is 7.73. The highest BCUT2D eigenvalue weighted by atomic mass is 19.4. The molecule has 0 aliphatic heterocycles. The lowest BCUT2D eigenvalue weighted by molar-refractivity contribution is -0.713. The number of nitrogens with one attached hydrogen (secondary N) is 1. The molecule has 4 rings (SSSR count). The number of fused-ring (bicyclic) bond motifs is 1. The molecule has 1 N–H and O–H groups in total. The van der Waals surface area contributed by atoms with Crippen molar-refractivity contribution in [2.45, 2.75) is 39.9 Å². The van der Waals surface area contributed by atoms with Crippen molar-refractivity contribution in [2.24, 2.45) is 5.41 Å². The molecule has 0 spiro atoms. The number of carbonyl (C=O) groups is 1. The highest BCUT2D eigenvalue weighted by molar-refractivity contribution is 5.75. The average molecular weight is 538 g/mol. The minimum atomic E-state index is -4.64. The molecule has 0 saturated carbocycles. The molecule has 13 heteroatoms. The molecular formula is C25H22F6N5O2+. The molecule has 0 saturated heterocycles. The fraction of sp³-hybridized carbons (Fsp3) is 0.280. The molecule has 0 aliphatic rings. The van der Waals surface area contributed by atoms with E-state index in [9.17, 15) is 31.1 Å². The van der Waals surface area contributed by atoms with Gasteiger partial charge in [-0.2, -0.15) is 30.9 Å². The number of esters is 1. The number of hydrogen-bond acceptors (Lipinski definition) is 5. The van der Waals surface area contributed by atoms with Crippen LogP contribution < -0.4 is 9.88 Å². The van der Waals surface area contributed by atoms with Crippen LogP contribution in [0.2, 0.25) is 0 Å². The van der Waals surface area contributed by atoms with E-state index in [4.69, 9.17) is 4.74 Å². The van der Waals surface area contributed by atoms with Crippen LogP contribution in [0.3, 0.4) is 0 Å². The third-order valence-electron chi connectivity index (χ3n) is 5.42. The molecule has 1 aromatic carbocycles. The summed E-state index contributed by atoms with van der Waals surface area (Å²) in [5, 5.41) is 7.18. The Balaban J connectivity index is 1.77. The number of ether oxygens (including phenoxy) is 1. The summed E-state index contributed by atoms with van der Waals surface area (Å²) in [7, 11) is 0. The Bertz CT molecular complexity index is 1470. The standard InChI is InChI=1S/C25H21F6N5O2/c1-23(2,3)21(37)38-14-35-13-18-11-15(20-19(25(29,30)31)5-4-10-32-20)12-33-36(18)22(35)34-17-8-6-16(7-9-17)24(26,27)28/h4-13H,14H2,1-3H3/p+1. The predicted octanol–water partition coefficient (Wildman–Crippen LogP) is 6.01. The first-order valence-electron chi connectivity index (χ1n) is 11.2. The van der Waals surface area contributed by atoms with Gasteiger partial charge in [-0.05, 0) is 63.2 Å². The van der Waals surface area contributed by atoms with Crippen molar-refractivity contribution < 1.29 is 40.4 Å². The summed E-state index contributed by atoms with van der Waals surface area (Å²) in [6.45, 7) is 4.69. The van der Waals surface area contributed by atoms with Crippen LogP contribution in [-0.2, 0) is 28.6 Å². The highest BCUT2D eigenvalue weighted by Crippen LogP contribution is 2.36. The molecule has 0 radical (unpaired) electrons. The van der Waals surface area contributed by atoms with Crippen LogP contribution in [0.15, 0.2) is 61.1 Å². The van der Waals surface area contributed by atoms with Crippen molar-refractivity contribution in [1.29, 1.82) is 0 Å². The molecule has 4 aromatic rings. The van der Waals surface area contributed by atoms with Gasteiger partial charge in [0.15, 0.2) is 5.52 Å². The van der Waals surface area contributed by atoms with E-state index in [1.807, 2.05) is 0 Å². The maximum Gasteiger partial charge on any atom is 0.418 e. The van der Waals surface area contributed by atoms with E-state index in [1.54, 1.807) is 20.8 Å². The first-order valence-corrected chi connectivity index (χ1v) is 11.2. The molecule has 200 valence electrons. The van der Waals surface area contributed by atoms with Crippen molar-refractivity contribution in [3.63, 3.8) is 0 Å². The second-order valence-corrected chi connectivity index (χ2v) is 9.41. The molecule has 38 heavy (non-hydrogen) atoms. The Morgan fingerprint density at radius 1 is 1.03 bits per heavy atom. The minimum Gasteiger partial charge on any atom is -0.431 e. The predicted molar refractivity (Wildman–Crippen MR) is 124 cm³/mol. The topological polar surface area (TPSA) is 72.4 Å². The summed E-state index contributed by atoms with van der Waals surface area (Å²) >= 11 is 0. The normalized spacial score (nSPS) is 12.6. The lowest BCUT2D eigenvalue weighted by Crippen LogP contribution is -2.39. The third-order valence-corrected chi connectivity index (χ3v) is 5.42. The molecule has 0 amide bonds. The van der Waals surface area contributed by atoms with E-state index in [1.165, 1.54) is 51.9 Å². The number of aromatic nitrogens is 4. The number of carbonyl (C=O) groups excluding carboxylic acids is 1. The maximum atomic E-state index is 13.5. The second kappa shape index (κ2) is 9.62. The van der Waals surface area contributed by atoms with Crippen LogP contribution >= 0.6 is 0 Å². The van der Waals surface area contributed by atoms with Gasteiger partial charge in [0.25, 0.3) is 0 Å². The van der Waals surface area contributed by atoms with Gasteiger partial charge in [0.2, 0.25) is 6.73 Å². The number of hydrogen-bond donors (Lipinski definition) is 1. The zero-order valence-corrected chi connectivity index (χ0v) is 20.4. The first-order chi connectivity index (χ1) is 17.6. The van der Waals surface area contributed by atoms with Gasteiger partial charge in [-0.3, -0.25) is 9.78 Å². The summed E-state index contributed by atoms with van der Waals surface area (Å²) in [5.41, 5.74) is -2.24. The van der Waals surface area contributed by atoms with Crippen LogP contribution in [-0.4, -0.2) is 20.6 Å². The Hall–Kier alpha value is -4.16. The maximum absolute atomic E-state index is 13.5. The Kier molecular flexibility index (Phi) is 6.80. The number of imidazole rings is 1. The summed E-state index contributed by atoms with van der Waals surface area (Å²) in [4.78, 5) is 16.2. The zero-order valence-electron chi connectivity index (χ0n) is 20.4. The Morgan fingerprint density at radius 3 is 2.32 bits per heavy atom. The largest absolute Gasteiger partial charge is 0.431 e. The first kappa shape index (κ1) is 26.9. The van der Waals surface area contributed by atoms with Gasteiger partial charge in [0, 0.05) is 11.8 Å². The van der Waals surface area contributed by atoms with Crippen molar-refractivity contribution in [3.05, 3.63) is 72.2 Å². The number of halogens is 6. The summed E-state index contributed by atoms with van der Waals surface area (Å²) < 4.78 is 87.6. The van der Waals surface area contributed by atoms with E-state index in [-0.39, 0.29) is 29.6 Å². The minimum absolute atomic E-state index is 0.0860. The van der Waals surface area contributed by atoms with Crippen LogP contribution in [0.25, 0.3) is 16.8 Å². The number of benzene rings is 1. The van der Waals surface area contributed by atoms with Crippen LogP contribution in [0.1, 0.15) is 31.9 Å². The molecule has 0 fully saturated rings. The van der Waals surface area contributed by atoms with Gasteiger partial charge in [0.1, 0.15) is 6.20 Å². The molecular weight excluding hydrogens is 516 g/mol. The van der Waals surface area contributed by atoms with Gasteiger partial charge in [0.05, 0.1) is 34.1 Å². The summed E-state index contributed by atoms with van der Waals surface area (Å²) in [6.07, 6.45) is -5.26. The molecule has 0 unspecified atom stereocenters. The number of alkyl halides is 6. The van der Waals surface area contributed by atoms with E-state index < -0.39 is 34.9 Å². The highest BCUT2D eigenvalue weighted by Gasteiger charge is 2.35. The Morgan fingerprint density at radius 2 is 1.71 bits per heavy atom. The van der Waals surface area contributed by atoms with Crippen LogP contribution in [0.4, 0.5) is 38.0 Å². The number of nitrogens with zero attached hydrogens (tertiary/aromatic N) is 4. The van der Waals surface area contributed by atoms with Crippen molar-refractivity contribution in [2.75, 3.05) is 5.32 Å². The fourth-order valence-corrected chi connectivity index (χ4v) is 3.49. The fourth-order valence-electron chi connectivity index (χ4n) is 3.49. The van der Waals surface area contributed by atoms with Crippen molar-refractivity contribution in [1.82, 2.24) is 14.6 Å². The Labute approximate surface area is 212 Å². The van der Waals surface area contributed by atoms with Gasteiger partial charge >= 0.3 is 24.3 Å². The van der Waals surface area contributed by atoms with Gasteiger partial charge in [-0.15, -0.1) is 9.61 Å². The van der Waals surface area contributed by atoms with E-state index >= 15 is 0 Å². The quantitative estimate of drug-likeness (QED) is 0.191. The third kappa shape index (κ3) is 5.71. The molecule has 7 nitrogen and oxygen atoms in total. The van der Waals surface area contributed by atoms with Gasteiger partial charge in [-0.25, -0.2) is 5.32 Å². The van der Waals surface area contributed by atoms with Gasteiger partial charge < -0.3 is 4.74 Å². The second-order valence-electron chi connectivity index (χ2n) is 9.41. The van der Waals surface area contributed by atoms with Crippen LogP contribution in [0, 0.1) is 5.41 Å².